The molecule has 1 amide bonds. The predicted molar refractivity (Wildman–Crippen MR) is 80.8 cm³/mol. The minimum Gasteiger partial charge on any atom is -0.395 e. The third-order valence-electron chi connectivity index (χ3n) is 3.83. The van der Waals surface area contributed by atoms with Crippen LogP contribution in [0.15, 0.2) is 24.3 Å². The zero-order chi connectivity index (χ0) is 15.1. The highest BCUT2D eigenvalue weighted by atomic mass is 16.3. The van der Waals surface area contributed by atoms with Gasteiger partial charge in [0, 0.05) is 18.2 Å². The van der Waals surface area contributed by atoms with Gasteiger partial charge >= 0.3 is 0 Å². The maximum atomic E-state index is 12.8. The van der Waals surface area contributed by atoms with Crippen LogP contribution < -0.4 is 0 Å². The molecule has 1 fully saturated rings. The van der Waals surface area contributed by atoms with Crippen molar-refractivity contribution >= 4 is 5.91 Å². The highest BCUT2D eigenvalue weighted by Gasteiger charge is 2.27. The van der Waals surface area contributed by atoms with Crippen LogP contribution in [0.4, 0.5) is 0 Å². The molecule has 0 radical (unpaired) electrons. The van der Waals surface area contributed by atoms with Crippen molar-refractivity contribution in [3.05, 3.63) is 35.4 Å². The van der Waals surface area contributed by atoms with Crippen LogP contribution in [-0.2, 0) is 0 Å². The Morgan fingerprint density at radius 1 is 1.24 bits per heavy atom. The molecule has 4 heteroatoms. The number of hydrogen-bond donors (Lipinski definition) is 2. The molecule has 1 saturated carbocycles. The molecular weight excluding hydrogens is 266 g/mol. The summed E-state index contributed by atoms with van der Waals surface area (Å²) in [6, 6.07) is 7.38. The van der Waals surface area contributed by atoms with Crippen molar-refractivity contribution in [2.24, 2.45) is 0 Å². The SMILES string of the molecule is O=C(c1ccccc1C#CCO)N(CCO)C1CCCC1. The van der Waals surface area contributed by atoms with Gasteiger partial charge in [-0.05, 0) is 25.0 Å². The van der Waals surface area contributed by atoms with Gasteiger partial charge in [0.25, 0.3) is 5.91 Å². The Bertz CT molecular complexity index is 538. The number of aliphatic hydroxyl groups excluding tert-OH is 2. The monoisotopic (exact) mass is 287 g/mol. The highest BCUT2D eigenvalue weighted by molar-refractivity contribution is 5.97. The largest absolute Gasteiger partial charge is 0.395 e. The number of benzene rings is 1. The Morgan fingerprint density at radius 3 is 2.62 bits per heavy atom. The van der Waals surface area contributed by atoms with Crippen LogP contribution in [0.1, 0.15) is 41.6 Å². The van der Waals surface area contributed by atoms with E-state index in [1.807, 2.05) is 12.1 Å². The number of aliphatic hydroxyl groups is 2. The Morgan fingerprint density at radius 2 is 1.95 bits per heavy atom. The van der Waals surface area contributed by atoms with Crippen molar-refractivity contribution in [2.75, 3.05) is 19.8 Å². The Kier molecular flexibility index (Phi) is 5.79. The van der Waals surface area contributed by atoms with E-state index in [-0.39, 0.29) is 25.2 Å². The lowest BCUT2D eigenvalue weighted by Crippen LogP contribution is -2.41. The molecule has 2 N–H and O–H groups in total. The van der Waals surface area contributed by atoms with Gasteiger partial charge in [0.05, 0.1) is 12.2 Å². The maximum Gasteiger partial charge on any atom is 0.255 e. The first-order valence-electron chi connectivity index (χ1n) is 7.38. The van der Waals surface area contributed by atoms with Crippen LogP contribution in [0.25, 0.3) is 0 Å². The number of amides is 1. The van der Waals surface area contributed by atoms with Gasteiger partial charge in [-0.2, -0.15) is 0 Å². The summed E-state index contributed by atoms with van der Waals surface area (Å²) in [4.78, 5) is 14.6. The molecular formula is C17H21NO3. The van der Waals surface area contributed by atoms with E-state index in [4.69, 9.17) is 5.11 Å². The number of carbonyl (C=O) groups is 1. The van der Waals surface area contributed by atoms with E-state index in [0.29, 0.717) is 17.7 Å². The highest BCUT2D eigenvalue weighted by Crippen LogP contribution is 2.25. The molecule has 4 nitrogen and oxygen atoms in total. The van der Waals surface area contributed by atoms with Crippen LogP contribution in [0.2, 0.25) is 0 Å². The van der Waals surface area contributed by atoms with Crippen molar-refractivity contribution in [1.82, 2.24) is 4.90 Å². The first kappa shape index (κ1) is 15.6. The van der Waals surface area contributed by atoms with E-state index >= 15 is 0 Å². The van der Waals surface area contributed by atoms with E-state index in [1.165, 1.54) is 0 Å². The van der Waals surface area contributed by atoms with E-state index in [9.17, 15) is 9.90 Å². The third kappa shape index (κ3) is 3.84. The van der Waals surface area contributed by atoms with Gasteiger partial charge in [-0.25, -0.2) is 0 Å². The number of nitrogens with zero attached hydrogens (tertiary/aromatic N) is 1. The van der Waals surface area contributed by atoms with Crippen molar-refractivity contribution < 1.29 is 15.0 Å². The van der Waals surface area contributed by atoms with Gasteiger partial charge in [0.15, 0.2) is 0 Å². The van der Waals surface area contributed by atoms with E-state index in [0.717, 1.165) is 25.7 Å². The van der Waals surface area contributed by atoms with Gasteiger partial charge < -0.3 is 15.1 Å². The second-order valence-electron chi connectivity index (χ2n) is 5.17. The molecule has 0 aliphatic heterocycles. The minimum absolute atomic E-state index is 0.0350. The fourth-order valence-electron chi connectivity index (χ4n) is 2.84. The molecule has 1 aliphatic carbocycles. The van der Waals surface area contributed by atoms with Gasteiger partial charge in [-0.3, -0.25) is 4.79 Å². The second-order valence-corrected chi connectivity index (χ2v) is 5.17. The Balaban J connectivity index is 2.27. The minimum atomic E-state index is -0.231. The van der Waals surface area contributed by atoms with Crippen molar-refractivity contribution in [3.8, 4) is 11.8 Å². The third-order valence-corrected chi connectivity index (χ3v) is 3.83. The summed E-state index contributed by atoms with van der Waals surface area (Å²) < 4.78 is 0. The predicted octanol–water partition coefficient (Wildman–Crippen LogP) is 1.41. The molecule has 0 aromatic heterocycles. The fraction of sp³-hybridized carbons (Fsp3) is 0.471. The number of hydrogen-bond acceptors (Lipinski definition) is 3. The van der Waals surface area contributed by atoms with Gasteiger partial charge in [0.1, 0.15) is 6.61 Å². The first-order chi connectivity index (χ1) is 10.3. The summed E-state index contributed by atoms with van der Waals surface area (Å²) in [6.07, 6.45) is 4.25. The van der Waals surface area contributed by atoms with Crippen LogP contribution in [0.3, 0.4) is 0 Å². The standard InChI is InChI=1S/C17H21NO3/c19-12-5-7-14-6-1-4-10-16(14)17(21)18(11-13-20)15-8-2-3-9-15/h1,4,6,10,15,19-20H,2-3,8-9,11-13H2. The molecule has 0 saturated heterocycles. The summed E-state index contributed by atoms with van der Waals surface area (Å²) in [6.45, 7) is 0.0868. The van der Waals surface area contributed by atoms with Crippen molar-refractivity contribution in [2.45, 2.75) is 31.7 Å². The summed E-state index contributed by atoms with van der Waals surface area (Å²) in [7, 11) is 0. The van der Waals surface area contributed by atoms with Crippen LogP contribution in [0.5, 0.6) is 0 Å². The quantitative estimate of drug-likeness (QED) is 0.823. The zero-order valence-electron chi connectivity index (χ0n) is 12.1. The average molecular weight is 287 g/mol. The first-order valence-corrected chi connectivity index (χ1v) is 7.38. The van der Waals surface area contributed by atoms with Crippen LogP contribution in [0, 0.1) is 11.8 Å². The summed E-state index contributed by atoms with van der Waals surface area (Å²) >= 11 is 0. The van der Waals surface area contributed by atoms with Gasteiger partial charge in [-0.1, -0.05) is 36.8 Å². The number of rotatable bonds is 4. The summed E-state index contributed by atoms with van der Waals surface area (Å²) in [5.74, 6) is 5.32. The molecule has 0 spiro atoms. The smallest absolute Gasteiger partial charge is 0.255 e. The van der Waals surface area contributed by atoms with Gasteiger partial charge in [-0.15, -0.1) is 0 Å². The Labute approximate surface area is 125 Å². The second kappa shape index (κ2) is 7.82. The van der Waals surface area contributed by atoms with Crippen molar-refractivity contribution in [3.63, 3.8) is 0 Å². The van der Waals surface area contributed by atoms with Crippen molar-refractivity contribution in [1.29, 1.82) is 0 Å². The van der Waals surface area contributed by atoms with E-state index < -0.39 is 0 Å². The average Bonchev–Trinajstić information content (AvgIpc) is 3.04. The Hall–Kier alpha value is -1.83. The molecule has 1 aromatic carbocycles. The molecule has 21 heavy (non-hydrogen) atoms. The lowest BCUT2D eigenvalue weighted by molar-refractivity contribution is 0.0638. The van der Waals surface area contributed by atoms with Crippen LogP contribution >= 0.6 is 0 Å². The topological polar surface area (TPSA) is 60.8 Å². The van der Waals surface area contributed by atoms with Crippen LogP contribution in [-0.4, -0.2) is 46.8 Å². The maximum absolute atomic E-state index is 12.8. The normalized spacial score (nSPS) is 14.6. The molecule has 0 unspecified atom stereocenters. The summed E-state index contributed by atoms with van der Waals surface area (Å²) in [5, 5.41) is 18.1. The molecule has 1 aliphatic rings. The molecule has 0 atom stereocenters. The molecule has 2 rings (SSSR count). The van der Waals surface area contributed by atoms with E-state index in [1.54, 1.807) is 17.0 Å². The molecule has 112 valence electrons. The molecule has 0 heterocycles. The van der Waals surface area contributed by atoms with E-state index in [2.05, 4.69) is 11.8 Å². The lowest BCUT2D eigenvalue weighted by Gasteiger charge is -2.28. The van der Waals surface area contributed by atoms with Gasteiger partial charge in [0.2, 0.25) is 0 Å². The molecule has 1 aromatic rings. The number of carbonyl (C=O) groups excluding carboxylic acids is 1. The lowest BCUT2D eigenvalue weighted by atomic mass is 10.0. The molecule has 0 bridgehead atoms. The fourth-order valence-corrected chi connectivity index (χ4v) is 2.84. The zero-order valence-corrected chi connectivity index (χ0v) is 12.1. The summed E-state index contributed by atoms with van der Waals surface area (Å²) in [5.41, 5.74) is 1.16.